The van der Waals surface area contributed by atoms with Gasteiger partial charge in [-0.1, -0.05) is 18.2 Å². The smallest absolute Gasteiger partial charge is 0.315 e. The van der Waals surface area contributed by atoms with E-state index in [1.165, 1.54) is 0 Å². The van der Waals surface area contributed by atoms with Gasteiger partial charge in [-0.25, -0.2) is 4.79 Å². The standard InChI is InChI=1S/C20H21N3O4/c1-11(13-3-5-16-15(7-13)9-19(24)23-16)21-20(25)22-12(2)14-4-6-17-18(8-14)27-10-26-17/h3-8,11-12H,9-10H2,1-2H3,(H,23,24)(H2,21,22,25). The Morgan fingerprint density at radius 2 is 1.67 bits per heavy atom. The summed E-state index contributed by atoms with van der Waals surface area (Å²) in [4.78, 5) is 23.9. The van der Waals surface area contributed by atoms with Crippen LogP contribution in [-0.2, 0) is 11.2 Å². The van der Waals surface area contributed by atoms with Gasteiger partial charge in [0.25, 0.3) is 0 Å². The average Bonchev–Trinajstić information content (AvgIpc) is 3.24. The fourth-order valence-corrected chi connectivity index (χ4v) is 3.30. The highest BCUT2D eigenvalue weighted by molar-refractivity contribution is 5.99. The number of rotatable bonds is 4. The van der Waals surface area contributed by atoms with Gasteiger partial charge in [-0.15, -0.1) is 0 Å². The third-order valence-electron chi connectivity index (χ3n) is 4.85. The Bertz CT molecular complexity index is 912. The second kappa shape index (κ2) is 6.83. The van der Waals surface area contributed by atoms with Crippen LogP contribution in [0.5, 0.6) is 11.5 Å². The van der Waals surface area contributed by atoms with Crippen molar-refractivity contribution in [3.63, 3.8) is 0 Å². The van der Waals surface area contributed by atoms with E-state index in [2.05, 4.69) is 16.0 Å². The third kappa shape index (κ3) is 3.53. The van der Waals surface area contributed by atoms with Crippen molar-refractivity contribution in [1.82, 2.24) is 10.6 Å². The van der Waals surface area contributed by atoms with E-state index in [4.69, 9.17) is 9.47 Å². The molecule has 2 heterocycles. The lowest BCUT2D eigenvalue weighted by Gasteiger charge is -2.19. The largest absolute Gasteiger partial charge is 0.454 e. The number of hydrogen-bond acceptors (Lipinski definition) is 4. The van der Waals surface area contributed by atoms with Crippen LogP contribution in [0.3, 0.4) is 0 Å². The van der Waals surface area contributed by atoms with Crippen LogP contribution < -0.4 is 25.4 Å². The van der Waals surface area contributed by atoms with E-state index in [0.29, 0.717) is 17.9 Å². The van der Waals surface area contributed by atoms with Gasteiger partial charge in [-0.3, -0.25) is 4.79 Å². The minimum Gasteiger partial charge on any atom is -0.454 e. The molecule has 2 aromatic rings. The molecule has 0 radical (unpaired) electrons. The summed E-state index contributed by atoms with van der Waals surface area (Å²) in [5.41, 5.74) is 3.69. The Hall–Kier alpha value is -3.22. The Labute approximate surface area is 157 Å². The molecule has 2 aliphatic heterocycles. The number of hydrogen-bond donors (Lipinski definition) is 3. The van der Waals surface area contributed by atoms with E-state index < -0.39 is 0 Å². The number of amides is 3. The van der Waals surface area contributed by atoms with Gasteiger partial charge in [0, 0.05) is 5.69 Å². The molecule has 0 spiro atoms. The van der Waals surface area contributed by atoms with Crippen LogP contribution in [0.25, 0.3) is 0 Å². The molecule has 7 nitrogen and oxygen atoms in total. The lowest BCUT2D eigenvalue weighted by Crippen LogP contribution is -2.38. The number of carbonyl (C=O) groups excluding carboxylic acids is 2. The van der Waals surface area contributed by atoms with Crippen molar-refractivity contribution in [2.24, 2.45) is 0 Å². The lowest BCUT2D eigenvalue weighted by atomic mass is 10.0. The summed E-state index contributed by atoms with van der Waals surface area (Å²) in [7, 11) is 0. The Morgan fingerprint density at radius 3 is 2.44 bits per heavy atom. The minimum atomic E-state index is -0.262. The number of ether oxygens (including phenoxy) is 2. The highest BCUT2D eigenvalue weighted by atomic mass is 16.7. The predicted molar refractivity (Wildman–Crippen MR) is 99.8 cm³/mol. The van der Waals surface area contributed by atoms with Gasteiger partial charge < -0.3 is 25.4 Å². The molecule has 0 aromatic heterocycles. The van der Waals surface area contributed by atoms with Crippen LogP contribution in [-0.4, -0.2) is 18.7 Å². The van der Waals surface area contributed by atoms with Crippen LogP contribution >= 0.6 is 0 Å². The quantitative estimate of drug-likeness (QED) is 0.775. The van der Waals surface area contributed by atoms with E-state index in [1.807, 2.05) is 50.2 Å². The zero-order chi connectivity index (χ0) is 19.0. The molecule has 2 unspecified atom stereocenters. The van der Waals surface area contributed by atoms with Crippen molar-refractivity contribution in [2.45, 2.75) is 32.4 Å². The number of carbonyl (C=O) groups is 2. The first-order valence-electron chi connectivity index (χ1n) is 8.89. The number of benzene rings is 2. The van der Waals surface area contributed by atoms with Crippen molar-refractivity contribution >= 4 is 17.6 Å². The highest BCUT2D eigenvalue weighted by Gasteiger charge is 2.20. The molecule has 3 amide bonds. The van der Waals surface area contributed by atoms with Gasteiger partial charge in [0.1, 0.15) is 0 Å². The van der Waals surface area contributed by atoms with Crippen molar-refractivity contribution in [3.8, 4) is 11.5 Å². The Morgan fingerprint density at radius 1 is 1.00 bits per heavy atom. The van der Waals surface area contributed by atoms with Crippen molar-refractivity contribution in [3.05, 3.63) is 53.1 Å². The summed E-state index contributed by atoms with van der Waals surface area (Å²) >= 11 is 0. The van der Waals surface area contributed by atoms with Gasteiger partial charge in [0.15, 0.2) is 11.5 Å². The molecule has 2 aromatic carbocycles. The maximum Gasteiger partial charge on any atom is 0.315 e. The molecule has 2 atom stereocenters. The summed E-state index contributed by atoms with van der Waals surface area (Å²) in [5, 5.41) is 8.68. The van der Waals surface area contributed by atoms with Crippen LogP contribution in [0.2, 0.25) is 0 Å². The van der Waals surface area contributed by atoms with Gasteiger partial charge >= 0.3 is 6.03 Å². The second-order valence-electron chi connectivity index (χ2n) is 6.82. The summed E-state index contributed by atoms with van der Waals surface area (Å²) in [6.07, 6.45) is 0.378. The van der Waals surface area contributed by atoms with Gasteiger partial charge in [-0.2, -0.15) is 0 Å². The molecule has 4 rings (SSSR count). The SMILES string of the molecule is CC(NC(=O)NC(C)c1ccc2c(c1)OCO2)c1ccc2c(c1)CC(=O)N2. The van der Waals surface area contributed by atoms with Gasteiger partial charge in [-0.05, 0) is 48.7 Å². The Balaban J connectivity index is 1.37. The van der Waals surface area contributed by atoms with Crippen LogP contribution in [0.1, 0.15) is 42.6 Å². The van der Waals surface area contributed by atoms with Crippen molar-refractivity contribution in [2.75, 3.05) is 12.1 Å². The van der Waals surface area contributed by atoms with Crippen LogP contribution in [0.15, 0.2) is 36.4 Å². The predicted octanol–water partition coefficient (Wildman–Crippen LogP) is 3.03. The Kier molecular flexibility index (Phi) is 4.35. The molecule has 2 aliphatic rings. The average molecular weight is 367 g/mol. The van der Waals surface area contributed by atoms with Crippen molar-refractivity contribution < 1.29 is 19.1 Å². The molecule has 3 N–H and O–H groups in total. The summed E-state index contributed by atoms with van der Waals surface area (Å²) in [5.74, 6) is 1.41. The molecule has 0 saturated carbocycles. The first-order valence-corrected chi connectivity index (χ1v) is 8.89. The summed E-state index contributed by atoms with van der Waals surface area (Å²) in [6.45, 7) is 4.05. The van der Waals surface area contributed by atoms with E-state index in [-0.39, 0.29) is 30.8 Å². The zero-order valence-electron chi connectivity index (χ0n) is 15.2. The minimum absolute atomic E-state index is 0.00180. The fraction of sp³-hybridized carbons (Fsp3) is 0.300. The van der Waals surface area contributed by atoms with Crippen molar-refractivity contribution in [1.29, 1.82) is 0 Å². The molecule has 0 aliphatic carbocycles. The molecule has 27 heavy (non-hydrogen) atoms. The molecular weight excluding hydrogens is 346 g/mol. The third-order valence-corrected chi connectivity index (χ3v) is 4.85. The highest BCUT2D eigenvalue weighted by Crippen LogP contribution is 2.34. The van der Waals surface area contributed by atoms with E-state index >= 15 is 0 Å². The van der Waals surface area contributed by atoms with E-state index in [1.54, 1.807) is 0 Å². The normalized spacial score (nSPS) is 16.3. The van der Waals surface area contributed by atoms with Crippen LogP contribution in [0, 0.1) is 0 Å². The first-order chi connectivity index (χ1) is 13.0. The van der Waals surface area contributed by atoms with E-state index in [0.717, 1.165) is 22.4 Å². The van der Waals surface area contributed by atoms with E-state index in [9.17, 15) is 9.59 Å². The molecule has 7 heteroatoms. The number of nitrogens with one attached hydrogen (secondary N) is 3. The fourth-order valence-electron chi connectivity index (χ4n) is 3.30. The first kappa shape index (κ1) is 17.2. The maximum atomic E-state index is 12.4. The molecule has 0 saturated heterocycles. The second-order valence-corrected chi connectivity index (χ2v) is 6.82. The van der Waals surface area contributed by atoms with Gasteiger partial charge in [0.05, 0.1) is 18.5 Å². The number of urea groups is 1. The number of anilines is 1. The van der Waals surface area contributed by atoms with Crippen LogP contribution in [0.4, 0.5) is 10.5 Å². The molecule has 140 valence electrons. The van der Waals surface area contributed by atoms with Gasteiger partial charge in [0.2, 0.25) is 12.7 Å². The molecule has 0 fully saturated rings. The maximum absolute atomic E-state index is 12.4. The summed E-state index contributed by atoms with van der Waals surface area (Å²) < 4.78 is 10.7. The zero-order valence-corrected chi connectivity index (χ0v) is 15.2. The monoisotopic (exact) mass is 367 g/mol. The lowest BCUT2D eigenvalue weighted by molar-refractivity contribution is -0.115. The molecule has 0 bridgehead atoms. The summed E-state index contributed by atoms with van der Waals surface area (Å²) in [6, 6.07) is 10.7. The number of fused-ring (bicyclic) bond motifs is 2. The topological polar surface area (TPSA) is 88.7 Å². The molecular formula is C20H21N3O4.